The molecular weight excluding hydrogens is 430 g/mol. The van der Waals surface area contributed by atoms with Gasteiger partial charge in [-0.1, -0.05) is 25.5 Å². The minimum atomic E-state index is -0.798. The fourth-order valence-corrected chi connectivity index (χ4v) is 3.37. The molecule has 0 unspecified atom stereocenters. The first-order chi connectivity index (χ1) is 15.9. The third-order valence-electron chi connectivity index (χ3n) is 4.92. The van der Waals surface area contributed by atoms with Gasteiger partial charge in [0, 0.05) is 18.8 Å². The molecule has 0 bridgehead atoms. The van der Waals surface area contributed by atoms with Crippen molar-refractivity contribution in [2.45, 2.75) is 38.8 Å². The second kappa shape index (κ2) is 11.2. The van der Waals surface area contributed by atoms with E-state index in [1.54, 1.807) is 19.6 Å². The van der Waals surface area contributed by atoms with E-state index in [4.69, 9.17) is 4.74 Å². The van der Waals surface area contributed by atoms with Crippen molar-refractivity contribution in [1.82, 2.24) is 14.9 Å². The summed E-state index contributed by atoms with van der Waals surface area (Å²) in [6, 6.07) is 9.73. The van der Waals surface area contributed by atoms with Gasteiger partial charge in [-0.05, 0) is 41.8 Å². The van der Waals surface area contributed by atoms with E-state index in [1.165, 1.54) is 0 Å². The van der Waals surface area contributed by atoms with Crippen molar-refractivity contribution in [1.29, 1.82) is 0 Å². The molecule has 0 aliphatic heterocycles. The smallest absolute Gasteiger partial charge is 0.248 e. The first kappa shape index (κ1) is 23.9. The molecule has 0 saturated heterocycles. The molecule has 33 heavy (non-hydrogen) atoms. The standard InChI is InChI=1S/C24H26F2N4O3/c1-3-4-21(28-23(31)11-17-9-18(25)12-19(26)10-17)24(32)29-22-14-30(15-27-22)13-16-5-7-20(33-2)8-6-16/h5-10,12,14-15,21H,3-4,11,13H2,1-2H3,(H,28,31)(H,29,32)/t21-/m0/s1. The van der Waals surface area contributed by atoms with Crippen LogP contribution in [0.5, 0.6) is 5.75 Å². The van der Waals surface area contributed by atoms with Gasteiger partial charge in [0.25, 0.3) is 0 Å². The summed E-state index contributed by atoms with van der Waals surface area (Å²) in [4.78, 5) is 29.3. The summed E-state index contributed by atoms with van der Waals surface area (Å²) >= 11 is 0. The third-order valence-corrected chi connectivity index (χ3v) is 4.92. The maximum atomic E-state index is 13.4. The van der Waals surface area contributed by atoms with Crippen LogP contribution in [0, 0.1) is 11.6 Å². The van der Waals surface area contributed by atoms with Crippen LogP contribution < -0.4 is 15.4 Å². The number of carbonyl (C=O) groups is 2. The minimum absolute atomic E-state index is 0.193. The predicted octanol–water partition coefficient (Wildman–Crippen LogP) is 3.68. The monoisotopic (exact) mass is 456 g/mol. The van der Waals surface area contributed by atoms with E-state index >= 15 is 0 Å². The lowest BCUT2D eigenvalue weighted by Gasteiger charge is -2.17. The quantitative estimate of drug-likeness (QED) is 0.487. The number of amides is 2. The van der Waals surface area contributed by atoms with Crippen LogP contribution in [0.3, 0.4) is 0 Å². The van der Waals surface area contributed by atoms with Crippen LogP contribution in [0.2, 0.25) is 0 Å². The molecular formula is C24H26F2N4O3. The average molecular weight is 456 g/mol. The van der Waals surface area contributed by atoms with E-state index < -0.39 is 29.5 Å². The zero-order valence-corrected chi connectivity index (χ0v) is 18.5. The molecule has 1 atom stereocenters. The third kappa shape index (κ3) is 7.13. The number of carbonyl (C=O) groups excluding carboxylic acids is 2. The summed E-state index contributed by atoms with van der Waals surface area (Å²) in [5.74, 6) is -1.30. The number of ether oxygens (including phenoxy) is 1. The van der Waals surface area contributed by atoms with E-state index in [9.17, 15) is 18.4 Å². The Bertz CT molecular complexity index is 1080. The highest BCUT2D eigenvalue weighted by atomic mass is 19.1. The Morgan fingerprint density at radius 2 is 1.79 bits per heavy atom. The van der Waals surface area contributed by atoms with Crippen LogP contribution in [0.1, 0.15) is 30.9 Å². The van der Waals surface area contributed by atoms with Crippen molar-refractivity contribution < 1.29 is 23.1 Å². The van der Waals surface area contributed by atoms with E-state index in [1.807, 2.05) is 35.8 Å². The Labute approximate surface area is 190 Å². The largest absolute Gasteiger partial charge is 0.497 e. The van der Waals surface area contributed by atoms with Crippen LogP contribution in [0.4, 0.5) is 14.6 Å². The Kier molecular flexibility index (Phi) is 8.12. The number of benzene rings is 2. The molecule has 2 N–H and O–H groups in total. The topological polar surface area (TPSA) is 85.2 Å². The molecule has 174 valence electrons. The molecule has 3 rings (SSSR count). The van der Waals surface area contributed by atoms with Gasteiger partial charge in [-0.15, -0.1) is 0 Å². The molecule has 7 nitrogen and oxygen atoms in total. The van der Waals surface area contributed by atoms with Gasteiger partial charge in [-0.2, -0.15) is 0 Å². The van der Waals surface area contributed by atoms with Gasteiger partial charge in [0.2, 0.25) is 11.8 Å². The van der Waals surface area contributed by atoms with Gasteiger partial charge < -0.3 is 19.9 Å². The van der Waals surface area contributed by atoms with Crippen molar-refractivity contribution >= 4 is 17.6 Å². The first-order valence-corrected chi connectivity index (χ1v) is 10.6. The molecule has 1 aromatic heterocycles. The molecule has 0 saturated carbocycles. The number of anilines is 1. The Morgan fingerprint density at radius 3 is 2.42 bits per heavy atom. The van der Waals surface area contributed by atoms with Crippen molar-refractivity contribution in [2.24, 2.45) is 0 Å². The van der Waals surface area contributed by atoms with Gasteiger partial charge >= 0.3 is 0 Å². The van der Waals surface area contributed by atoms with Crippen molar-refractivity contribution in [3.8, 4) is 5.75 Å². The SMILES string of the molecule is CCC[C@H](NC(=O)Cc1cc(F)cc(F)c1)C(=O)Nc1cn(Cc2ccc(OC)cc2)cn1. The second-order valence-corrected chi connectivity index (χ2v) is 7.63. The lowest BCUT2D eigenvalue weighted by molar-refractivity contribution is -0.126. The van der Waals surface area contributed by atoms with Gasteiger partial charge in [0.15, 0.2) is 5.82 Å². The molecule has 2 aromatic carbocycles. The number of rotatable bonds is 10. The Morgan fingerprint density at radius 1 is 1.09 bits per heavy atom. The molecule has 0 radical (unpaired) electrons. The molecule has 0 spiro atoms. The van der Waals surface area contributed by atoms with Crippen molar-refractivity contribution in [3.05, 3.63) is 77.8 Å². The van der Waals surface area contributed by atoms with Gasteiger partial charge in [-0.3, -0.25) is 9.59 Å². The molecule has 0 aliphatic carbocycles. The zero-order valence-electron chi connectivity index (χ0n) is 18.5. The molecule has 2 amide bonds. The average Bonchev–Trinajstić information content (AvgIpc) is 3.19. The summed E-state index contributed by atoms with van der Waals surface area (Å²) < 4.78 is 33.7. The van der Waals surface area contributed by atoms with Gasteiger partial charge in [0.1, 0.15) is 23.4 Å². The number of imidazole rings is 1. The molecule has 1 heterocycles. The fraction of sp³-hybridized carbons (Fsp3) is 0.292. The second-order valence-electron chi connectivity index (χ2n) is 7.63. The predicted molar refractivity (Wildman–Crippen MR) is 120 cm³/mol. The Balaban J connectivity index is 1.58. The lowest BCUT2D eigenvalue weighted by Crippen LogP contribution is -2.44. The number of methoxy groups -OCH3 is 1. The van der Waals surface area contributed by atoms with Crippen molar-refractivity contribution in [2.75, 3.05) is 12.4 Å². The normalized spacial score (nSPS) is 11.6. The molecule has 0 aliphatic rings. The summed E-state index contributed by atoms with van der Waals surface area (Å²) in [5.41, 5.74) is 1.23. The minimum Gasteiger partial charge on any atom is -0.497 e. The maximum Gasteiger partial charge on any atom is 0.248 e. The Hall–Kier alpha value is -3.75. The van der Waals surface area contributed by atoms with E-state index in [2.05, 4.69) is 15.6 Å². The number of nitrogens with zero attached hydrogens (tertiary/aromatic N) is 2. The summed E-state index contributed by atoms with van der Waals surface area (Å²) in [5, 5.41) is 5.35. The van der Waals surface area contributed by atoms with Crippen LogP contribution in [0.25, 0.3) is 0 Å². The summed E-state index contributed by atoms with van der Waals surface area (Å²) in [6.07, 6.45) is 4.12. The van der Waals surface area contributed by atoms with E-state index in [0.29, 0.717) is 25.2 Å². The van der Waals surface area contributed by atoms with Gasteiger partial charge in [-0.25, -0.2) is 13.8 Å². The van der Waals surface area contributed by atoms with E-state index in [-0.39, 0.29) is 12.0 Å². The van der Waals surface area contributed by atoms with E-state index in [0.717, 1.165) is 29.5 Å². The van der Waals surface area contributed by atoms with Crippen LogP contribution in [0.15, 0.2) is 55.0 Å². The van der Waals surface area contributed by atoms with Gasteiger partial charge in [0.05, 0.1) is 19.9 Å². The van der Waals surface area contributed by atoms with Crippen LogP contribution in [-0.2, 0) is 22.6 Å². The highest BCUT2D eigenvalue weighted by Gasteiger charge is 2.21. The fourth-order valence-electron chi connectivity index (χ4n) is 3.37. The maximum absolute atomic E-state index is 13.4. The number of aromatic nitrogens is 2. The number of hydrogen-bond donors (Lipinski definition) is 2. The van der Waals surface area contributed by atoms with Crippen LogP contribution >= 0.6 is 0 Å². The summed E-state index contributed by atoms with van der Waals surface area (Å²) in [6.45, 7) is 2.45. The highest BCUT2D eigenvalue weighted by Crippen LogP contribution is 2.14. The molecule has 3 aromatic rings. The van der Waals surface area contributed by atoms with Crippen molar-refractivity contribution in [3.63, 3.8) is 0 Å². The number of nitrogens with one attached hydrogen (secondary N) is 2. The van der Waals surface area contributed by atoms with Crippen LogP contribution in [-0.4, -0.2) is 34.5 Å². The highest BCUT2D eigenvalue weighted by molar-refractivity contribution is 5.96. The summed E-state index contributed by atoms with van der Waals surface area (Å²) in [7, 11) is 1.61. The zero-order chi connectivity index (χ0) is 23.8. The molecule has 9 heteroatoms. The molecule has 0 fully saturated rings. The lowest BCUT2D eigenvalue weighted by atomic mass is 10.1. The number of hydrogen-bond acceptors (Lipinski definition) is 4. The first-order valence-electron chi connectivity index (χ1n) is 10.6. The number of halogens is 2.